The molecule has 2 heterocycles. The van der Waals surface area contributed by atoms with Crippen LogP contribution >= 0.6 is 0 Å². The van der Waals surface area contributed by atoms with Crippen molar-refractivity contribution in [1.29, 1.82) is 0 Å². The van der Waals surface area contributed by atoms with E-state index in [4.69, 9.17) is 9.47 Å². The van der Waals surface area contributed by atoms with Gasteiger partial charge in [-0.05, 0) is 35.4 Å². The molecule has 0 radical (unpaired) electrons. The average molecular weight is 430 g/mol. The molecule has 1 atom stereocenters. The minimum Gasteiger partial charge on any atom is -0.507 e. The number of carbonyl (C=O) groups is 2. The van der Waals surface area contributed by atoms with E-state index in [0.717, 1.165) is 5.56 Å². The molecule has 1 N–H and O–H groups in total. The Morgan fingerprint density at radius 2 is 1.81 bits per heavy atom. The first-order chi connectivity index (χ1) is 15.5. The van der Waals surface area contributed by atoms with Gasteiger partial charge in [-0.2, -0.15) is 0 Å². The van der Waals surface area contributed by atoms with Crippen molar-refractivity contribution < 1.29 is 24.2 Å². The molecule has 4 rings (SSSR count). The van der Waals surface area contributed by atoms with Gasteiger partial charge in [0.15, 0.2) is 0 Å². The molecule has 1 amide bonds. The van der Waals surface area contributed by atoms with E-state index in [0.29, 0.717) is 17.1 Å². The molecular weight excluding hydrogens is 408 g/mol. The molecule has 1 aromatic heterocycles. The lowest BCUT2D eigenvalue weighted by atomic mass is 9.95. The Labute approximate surface area is 185 Å². The number of benzene rings is 2. The van der Waals surface area contributed by atoms with Crippen molar-refractivity contribution in [1.82, 2.24) is 9.88 Å². The van der Waals surface area contributed by atoms with Gasteiger partial charge in [0.25, 0.3) is 11.7 Å². The van der Waals surface area contributed by atoms with Gasteiger partial charge in [-0.25, -0.2) is 0 Å². The van der Waals surface area contributed by atoms with Gasteiger partial charge in [0.1, 0.15) is 17.3 Å². The highest BCUT2D eigenvalue weighted by molar-refractivity contribution is 6.46. The molecule has 7 heteroatoms. The summed E-state index contributed by atoms with van der Waals surface area (Å²) in [6.45, 7) is 0.171. The molecule has 0 spiro atoms. The van der Waals surface area contributed by atoms with Crippen molar-refractivity contribution in [3.8, 4) is 11.5 Å². The number of nitrogens with zero attached hydrogens (tertiary/aromatic N) is 2. The number of amides is 1. The van der Waals surface area contributed by atoms with Crippen LogP contribution in [0, 0.1) is 0 Å². The molecule has 0 bridgehead atoms. The summed E-state index contributed by atoms with van der Waals surface area (Å²) in [6, 6.07) is 16.9. The van der Waals surface area contributed by atoms with Gasteiger partial charge in [0, 0.05) is 18.9 Å². The Morgan fingerprint density at radius 3 is 2.47 bits per heavy atom. The summed E-state index contributed by atoms with van der Waals surface area (Å²) < 4.78 is 10.7. The third-order valence-corrected chi connectivity index (χ3v) is 5.39. The van der Waals surface area contributed by atoms with Gasteiger partial charge in [-0.15, -0.1) is 0 Å². The van der Waals surface area contributed by atoms with Crippen molar-refractivity contribution >= 4 is 17.4 Å². The van der Waals surface area contributed by atoms with Crippen molar-refractivity contribution in [3.63, 3.8) is 0 Å². The molecule has 1 saturated heterocycles. The first kappa shape index (κ1) is 21.1. The number of Topliss-reactive ketones (excluding diaryl/α,β-unsaturated/α-hetero) is 1. The molecular formula is C25H22N2O5. The monoisotopic (exact) mass is 430 g/mol. The van der Waals surface area contributed by atoms with Crippen molar-refractivity contribution in [2.24, 2.45) is 0 Å². The standard InChI is InChI=1S/C25H22N2O5/c1-31-18-10-11-20(32-2)19(13-18)23(28)21-22(17-8-4-3-5-9-17)27(25(30)24(21)29)15-16-7-6-12-26-14-16/h3-14,22,28H,15H2,1-2H3/b23-21+. The first-order valence-electron chi connectivity index (χ1n) is 9.99. The van der Waals surface area contributed by atoms with Crippen LogP contribution in [0.4, 0.5) is 0 Å². The number of hydrogen-bond acceptors (Lipinski definition) is 6. The van der Waals surface area contributed by atoms with Crippen LogP contribution in [0.25, 0.3) is 5.76 Å². The van der Waals surface area contributed by atoms with Crippen LogP contribution in [0.15, 0.2) is 78.6 Å². The summed E-state index contributed by atoms with van der Waals surface area (Å²) in [7, 11) is 2.97. The zero-order chi connectivity index (χ0) is 22.7. The SMILES string of the molecule is COc1ccc(OC)c(/C(O)=C2\C(=O)C(=O)N(Cc3cccnc3)C2c2ccccc2)c1. The Bertz CT molecular complexity index is 1180. The van der Waals surface area contributed by atoms with Crippen LogP contribution in [-0.4, -0.2) is 40.9 Å². The maximum atomic E-state index is 13.2. The number of rotatable bonds is 6. The molecule has 2 aromatic carbocycles. The predicted octanol–water partition coefficient (Wildman–Crippen LogP) is 3.72. The second-order valence-electron chi connectivity index (χ2n) is 7.27. The van der Waals surface area contributed by atoms with Crippen LogP contribution < -0.4 is 9.47 Å². The summed E-state index contributed by atoms with van der Waals surface area (Å²) in [4.78, 5) is 31.8. The van der Waals surface area contributed by atoms with E-state index >= 15 is 0 Å². The van der Waals surface area contributed by atoms with Crippen molar-refractivity contribution in [2.75, 3.05) is 14.2 Å². The fourth-order valence-corrected chi connectivity index (χ4v) is 3.86. The van der Waals surface area contributed by atoms with Crippen LogP contribution in [0.5, 0.6) is 11.5 Å². The molecule has 162 valence electrons. The molecule has 3 aromatic rings. The Hall–Kier alpha value is -4.13. The lowest BCUT2D eigenvalue weighted by Gasteiger charge is -2.25. The number of hydrogen-bond donors (Lipinski definition) is 1. The maximum Gasteiger partial charge on any atom is 0.295 e. The number of ether oxygens (including phenoxy) is 2. The normalized spacial score (nSPS) is 17.4. The number of aromatic nitrogens is 1. The zero-order valence-electron chi connectivity index (χ0n) is 17.7. The molecule has 0 saturated carbocycles. The molecule has 1 fully saturated rings. The Morgan fingerprint density at radius 1 is 1.03 bits per heavy atom. The van der Waals surface area contributed by atoms with E-state index in [-0.39, 0.29) is 23.4 Å². The van der Waals surface area contributed by atoms with E-state index in [1.54, 1.807) is 36.7 Å². The minimum atomic E-state index is -0.771. The fourth-order valence-electron chi connectivity index (χ4n) is 3.86. The summed E-state index contributed by atoms with van der Waals surface area (Å²) >= 11 is 0. The Kier molecular flexibility index (Phi) is 5.89. The number of ketones is 1. The number of likely N-dealkylation sites (tertiary alicyclic amines) is 1. The van der Waals surface area contributed by atoms with Crippen LogP contribution in [0.2, 0.25) is 0 Å². The molecule has 32 heavy (non-hydrogen) atoms. The highest BCUT2D eigenvalue weighted by Gasteiger charge is 2.46. The maximum absolute atomic E-state index is 13.2. The van der Waals surface area contributed by atoms with Gasteiger partial charge >= 0.3 is 0 Å². The van der Waals surface area contributed by atoms with Gasteiger partial charge < -0.3 is 19.5 Å². The van der Waals surface area contributed by atoms with Gasteiger partial charge in [0.2, 0.25) is 0 Å². The lowest BCUT2D eigenvalue weighted by molar-refractivity contribution is -0.140. The van der Waals surface area contributed by atoms with E-state index in [1.165, 1.54) is 19.1 Å². The van der Waals surface area contributed by atoms with E-state index in [2.05, 4.69) is 4.98 Å². The van der Waals surface area contributed by atoms with Crippen LogP contribution in [0.3, 0.4) is 0 Å². The molecule has 1 aliphatic heterocycles. The third-order valence-electron chi connectivity index (χ3n) is 5.39. The number of pyridine rings is 1. The summed E-state index contributed by atoms with van der Waals surface area (Å²) in [5.41, 5.74) is 1.75. The van der Waals surface area contributed by atoms with Gasteiger partial charge in [-0.1, -0.05) is 36.4 Å². The number of aliphatic hydroxyl groups is 1. The molecule has 0 aliphatic carbocycles. The molecule has 1 aliphatic rings. The lowest BCUT2D eigenvalue weighted by Crippen LogP contribution is -2.29. The van der Waals surface area contributed by atoms with E-state index in [9.17, 15) is 14.7 Å². The fraction of sp³-hybridized carbons (Fsp3) is 0.160. The summed E-state index contributed by atoms with van der Waals surface area (Å²) in [5.74, 6) is -0.931. The third kappa shape index (κ3) is 3.80. The topological polar surface area (TPSA) is 89.0 Å². The summed E-state index contributed by atoms with van der Waals surface area (Å²) in [6.07, 6.45) is 3.29. The quantitative estimate of drug-likeness (QED) is 0.364. The van der Waals surface area contributed by atoms with E-state index in [1.807, 2.05) is 36.4 Å². The minimum absolute atomic E-state index is 0.00311. The van der Waals surface area contributed by atoms with Gasteiger partial charge in [0.05, 0.1) is 31.4 Å². The number of methoxy groups -OCH3 is 2. The first-order valence-corrected chi connectivity index (χ1v) is 9.99. The van der Waals surface area contributed by atoms with E-state index < -0.39 is 17.7 Å². The molecule has 1 unspecified atom stereocenters. The smallest absolute Gasteiger partial charge is 0.295 e. The highest BCUT2D eigenvalue weighted by atomic mass is 16.5. The number of aliphatic hydroxyl groups excluding tert-OH is 1. The largest absolute Gasteiger partial charge is 0.507 e. The van der Waals surface area contributed by atoms with Crippen molar-refractivity contribution in [3.05, 3.63) is 95.3 Å². The van der Waals surface area contributed by atoms with Gasteiger partial charge in [-0.3, -0.25) is 14.6 Å². The Balaban J connectivity index is 1.90. The van der Waals surface area contributed by atoms with Crippen molar-refractivity contribution in [2.45, 2.75) is 12.6 Å². The average Bonchev–Trinajstić information content (AvgIpc) is 3.09. The zero-order valence-corrected chi connectivity index (χ0v) is 17.7. The van der Waals surface area contributed by atoms with Crippen LogP contribution in [-0.2, 0) is 16.1 Å². The summed E-state index contributed by atoms with van der Waals surface area (Å²) in [5, 5.41) is 11.3. The van der Waals surface area contributed by atoms with Crippen LogP contribution in [0.1, 0.15) is 22.7 Å². The highest BCUT2D eigenvalue weighted by Crippen LogP contribution is 2.42. The predicted molar refractivity (Wildman–Crippen MR) is 118 cm³/mol. The second-order valence-corrected chi connectivity index (χ2v) is 7.27. The molecule has 7 nitrogen and oxygen atoms in total. The second kappa shape index (κ2) is 8.93. The number of carbonyl (C=O) groups excluding carboxylic acids is 2.